The number of aromatic hydroxyl groups is 1. The van der Waals surface area contributed by atoms with Gasteiger partial charge < -0.3 is 15.5 Å². The number of carboxylic acid groups (broad SMARTS) is 1. The molecule has 132 valence electrons. The Hall–Kier alpha value is -3.81. The number of fused-ring (bicyclic) bond motifs is 1. The summed E-state index contributed by atoms with van der Waals surface area (Å²) in [7, 11) is 0. The number of benzene rings is 2. The van der Waals surface area contributed by atoms with Gasteiger partial charge in [0.15, 0.2) is 0 Å². The minimum absolute atomic E-state index is 0.0660. The maximum absolute atomic E-state index is 12.8. The normalized spacial score (nSPS) is 16.1. The first kappa shape index (κ1) is 17.0. The molecule has 0 unspecified atom stereocenters. The summed E-state index contributed by atoms with van der Waals surface area (Å²) in [5, 5.41) is 22.3. The largest absolute Gasteiger partial charge is 0.508 e. The fourth-order valence-corrected chi connectivity index (χ4v) is 2.56. The van der Waals surface area contributed by atoms with Crippen molar-refractivity contribution in [2.45, 2.75) is 6.17 Å². The number of nitrogens with one attached hydrogen (secondary N) is 2. The molecule has 2 amide bonds. The van der Waals surface area contributed by atoms with Crippen molar-refractivity contribution in [2.24, 2.45) is 0 Å². The van der Waals surface area contributed by atoms with E-state index in [-0.39, 0.29) is 5.75 Å². The number of carboxylic acids is 1. The molecule has 26 heavy (non-hydrogen) atoms. The van der Waals surface area contributed by atoms with Crippen molar-refractivity contribution < 1.29 is 24.6 Å². The second kappa shape index (κ2) is 6.98. The third kappa shape index (κ3) is 3.48. The number of phenols is 1. The van der Waals surface area contributed by atoms with Crippen molar-refractivity contribution in [3.05, 3.63) is 71.8 Å². The molecule has 0 saturated heterocycles. The molecule has 1 heterocycles. The second-order valence-corrected chi connectivity index (χ2v) is 5.51. The first-order valence-electron chi connectivity index (χ1n) is 7.65. The van der Waals surface area contributed by atoms with Crippen LogP contribution in [-0.4, -0.2) is 33.0 Å². The summed E-state index contributed by atoms with van der Waals surface area (Å²) >= 11 is 0. The van der Waals surface area contributed by atoms with E-state index in [1.807, 2.05) is 0 Å². The monoisotopic (exact) mass is 353 g/mol. The Morgan fingerprint density at radius 1 is 1.08 bits per heavy atom. The van der Waals surface area contributed by atoms with Crippen LogP contribution in [0.15, 0.2) is 60.7 Å². The molecule has 2 aromatic rings. The Labute approximate surface area is 148 Å². The van der Waals surface area contributed by atoms with Crippen LogP contribution in [0.25, 0.3) is 0 Å². The van der Waals surface area contributed by atoms with Crippen molar-refractivity contribution in [3.63, 3.8) is 0 Å². The minimum atomic E-state index is -1.27. The zero-order valence-corrected chi connectivity index (χ0v) is 13.4. The van der Waals surface area contributed by atoms with E-state index in [9.17, 15) is 19.5 Å². The first-order valence-corrected chi connectivity index (χ1v) is 7.65. The first-order chi connectivity index (χ1) is 12.5. The Morgan fingerprint density at radius 2 is 1.77 bits per heavy atom. The SMILES string of the molecule is O=C(O)/C=C/C(=O)NN1C(=O)c2ccccc2N[C@H]1c1ccc(O)cc1. The molecular formula is C18H15N3O5. The summed E-state index contributed by atoms with van der Waals surface area (Å²) in [6.07, 6.45) is 0.769. The van der Waals surface area contributed by atoms with E-state index < -0.39 is 23.9 Å². The third-order valence-corrected chi connectivity index (χ3v) is 3.74. The molecule has 1 atom stereocenters. The summed E-state index contributed by atoms with van der Waals surface area (Å²) in [4.78, 5) is 35.4. The van der Waals surface area contributed by atoms with Gasteiger partial charge in [-0.3, -0.25) is 15.0 Å². The van der Waals surface area contributed by atoms with Crippen LogP contribution in [0.5, 0.6) is 5.75 Å². The van der Waals surface area contributed by atoms with Crippen molar-refractivity contribution in [2.75, 3.05) is 5.32 Å². The summed E-state index contributed by atoms with van der Waals surface area (Å²) < 4.78 is 0. The fraction of sp³-hybridized carbons (Fsp3) is 0.0556. The summed E-state index contributed by atoms with van der Waals surface area (Å²) in [6.45, 7) is 0. The second-order valence-electron chi connectivity index (χ2n) is 5.51. The van der Waals surface area contributed by atoms with Crippen LogP contribution in [0.3, 0.4) is 0 Å². The van der Waals surface area contributed by atoms with Gasteiger partial charge in [0.05, 0.1) is 5.56 Å². The number of hydrogen-bond donors (Lipinski definition) is 4. The van der Waals surface area contributed by atoms with Crippen molar-refractivity contribution in [1.82, 2.24) is 10.4 Å². The topological polar surface area (TPSA) is 119 Å². The van der Waals surface area contributed by atoms with Crippen LogP contribution in [-0.2, 0) is 9.59 Å². The molecule has 0 aromatic heterocycles. The number of carbonyl (C=O) groups is 3. The van der Waals surface area contributed by atoms with Gasteiger partial charge in [0.25, 0.3) is 11.8 Å². The van der Waals surface area contributed by atoms with Crippen molar-refractivity contribution in [1.29, 1.82) is 0 Å². The number of nitrogens with zero attached hydrogens (tertiary/aromatic N) is 1. The van der Waals surface area contributed by atoms with E-state index >= 15 is 0 Å². The average Bonchev–Trinajstić information content (AvgIpc) is 2.63. The quantitative estimate of drug-likeness (QED) is 0.621. The molecule has 8 heteroatoms. The van der Waals surface area contributed by atoms with Crippen LogP contribution in [0, 0.1) is 0 Å². The highest BCUT2D eigenvalue weighted by Crippen LogP contribution is 2.32. The molecule has 0 saturated carbocycles. The van der Waals surface area contributed by atoms with Gasteiger partial charge in [-0.05, 0) is 29.8 Å². The summed E-state index contributed by atoms with van der Waals surface area (Å²) in [5.74, 6) is -2.42. The molecule has 1 aliphatic heterocycles. The minimum Gasteiger partial charge on any atom is -0.508 e. The van der Waals surface area contributed by atoms with Gasteiger partial charge in [-0.25, -0.2) is 9.80 Å². The average molecular weight is 353 g/mol. The van der Waals surface area contributed by atoms with Crippen LogP contribution in [0.4, 0.5) is 5.69 Å². The number of anilines is 1. The molecule has 0 aliphatic carbocycles. The number of rotatable bonds is 4. The Bertz CT molecular complexity index is 892. The number of amides is 2. The van der Waals surface area contributed by atoms with Crippen LogP contribution in [0.2, 0.25) is 0 Å². The van der Waals surface area contributed by atoms with E-state index in [2.05, 4.69) is 10.7 Å². The number of hydrazine groups is 1. The van der Waals surface area contributed by atoms with Gasteiger partial charge in [-0.15, -0.1) is 0 Å². The van der Waals surface area contributed by atoms with Gasteiger partial charge in [-0.1, -0.05) is 24.3 Å². The zero-order valence-electron chi connectivity index (χ0n) is 13.4. The Balaban J connectivity index is 1.96. The Kier molecular flexibility index (Phi) is 4.57. The maximum atomic E-state index is 12.8. The van der Waals surface area contributed by atoms with E-state index in [0.29, 0.717) is 22.9 Å². The standard InChI is InChI=1S/C18H15N3O5/c22-12-7-5-11(6-8-12)17-19-14-4-2-1-3-13(14)18(26)21(17)20-15(23)9-10-16(24)25/h1-10,17,19,22H,(H,20,23)(H,24,25)/b10-9+/t17-/m1/s1. The zero-order chi connectivity index (χ0) is 18.7. The highest BCUT2D eigenvalue weighted by Gasteiger charge is 2.33. The molecule has 0 bridgehead atoms. The molecule has 0 fully saturated rings. The highest BCUT2D eigenvalue weighted by atomic mass is 16.4. The lowest BCUT2D eigenvalue weighted by Gasteiger charge is -2.37. The Morgan fingerprint density at radius 3 is 2.46 bits per heavy atom. The van der Waals surface area contributed by atoms with E-state index in [1.54, 1.807) is 36.4 Å². The van der Waals surface area contributed by atoms with Gasteiger partial charge >= 0.3 is 5.97 Å². The molecule has 0 radical (unpaired) electrons. The van der Waals surface area contributed by atoms with Gasteiger partial charge in [0.2, 0.25) is 0 Å². The lowest BCUT2D eigenvalue weighted by atomic mass is 10.0. The summed E-state index contributed by atoms with van der Waals surface area (Å²) in [5.41, 5.74) is 3.98. The smallest absolute Gasteiger partial charge is 0.328 e. The molecule has 8 nitrogen and oxygen atoms in total. The number of para-hydroxylation sites is 1. The number of hydrogen-bond acceptors (Lipinski definition) is 5. The third-order valence-electron chi connectivity index (χ3n) is 3.74. The molecule has 1 aliphatic rings. The van der Waals surface area contributed by atoms with Crippen molar-refractivity contribution >= 4 is 23.5 Å². The molecule has 0 spiro atoms. The van der Waals surface area contributed by atoms with Gasteiger partial charge in [0.1, 0.15) is 11.9 Å². The highest BCUT2D eigenvalue weighted by molar-refractivity contribution is 6.03. The van der Waals surface area contributed by atoms with E-state index in [1.165, 1.54) is 12.1 Å². The van der Waals surface area contributed by atoms with Crippen LogP contribution >= 0.6 is 0 Å². The summed E-state index contributed by atoms with van der Waals surface area (Å²) in [6, 6.07) is 13.0. The van der Waals surface area contributed by atoms with E-state index in [0.717, 1.165) is 11.1 Å². The van der Waals surface area contributed by atoms with Crippen LogP contribution < -0.4 is 10.7 Å². The maximum Gasteiger partial charge on any atom is 0.328 e. The number of carbonyl (C=O) groups excluding carboxylic acids is 2. The van der Waals surface area contributed by atoms with Crippen LogP contribution in [0.1, 0.15) is 22.1 Å². The molecule has 3 rings (SSSR count). The number of aliphatic carboxylic acids is 1. The molecule has 4 N–H and O–H groups in total. The lowest BCUT2D eigenvalue weighted by Crippen LogP contribution is -2.52. The van der Waals surface area contributed by atoms with E-state index in [4.69, 9.17) is 5.11 Å². The fourth-order valence-electron chi connectivity index (χ4n) is 2.56. The lowest BCUT2D eigenvalue weighted by molar-refractivity contribution is -0.131. The van der Waals surface area contributed by atoms with Gasteiger partial charge in [-0.2, -0.15) is 0 Å². The van der Waals surface area contributed by atoms with Gasteiger partial charge in [0, 0.05) is 17.8 Å². The predicted molar refractivity (Wildman–Crippen MR) is 92.0 cm³/mol. The molecule has 2 aromatic carbocycles. The van der Waals surface area contributed by atoms with Crippen molar-refractivity contribution in [3.8, 4) is 5.75 Å². The predicted octanol–water partition coefficient (Wildman–Crippen LogP) is 1.63. The molecular weight excluding hydrogens is 338 g/mol. The number of phenolic OH excluding ortho intramolecular Hbond substituents is 1.